The summed E-state index contributed by atoms with van der Waals surface area (Å²) < 4.78 is 16.5. The Bertz CT molecular complexity index is 937. The Labute approximate surface area is 240 Å². The fourth-order valence-electron chi connectivity index (χ4n) is 4.21. The molecule has 40 heavy (non-hydrogen) atoms. The first-order chi connectivity index (χ1) is 19.3. The summed E-state index contributed by atoms with van der Waals surface area (Å²) >= 11 is 0. The third-order valence-corrected chi connectivity index (χ3v) is 6.60. The topological polar surface area (TPSA) is 116 Å². The van der Waals surface area contributed by atoms with Crippen molar-refractivity contribution in [2.45, 2.75) is 137 Å². The quantitative estimate of drug-likeness (QED) is 0.0650. The summed E-state index contributed by atoms with van der Waals surface area (Å²) in [5.74, 6) is -3.86. The number of aromatic hydroxyl groups is 1. The number of phenols is 1. The molecule has 0 saturated carbocycles. The van der Waals surface area contributed by atoms with Crippen LogP contribution in [0.2, 0.25) is 0 Å². The second-order valence-corrected chi connectivity index (χ2v) is 10.3. The molecular weight excluding hydrogens is 512 g/mol. The number of carbonyl (C=O) groups is 4. The minimum Gasteiger partial charge on any atom is -0.504 e. The van der Waals surface area contributed by atoms with Gasteiger partial charge >= 0.3 is 17.9 Å². The highest BCUT2D eigenvalue weighted by atomic mass is 16.6. The fraction of sp³-hybridized carbons (Fsp3) is 0.688. The van der Waals surface area contributed by atoms with Gasteiger partial charge in [-0.15, -0.1) is 0 Å². The Morgan fingerprint density at radius 2 is 1.10 bits per heavy atom. The number of benzene rings is 1. The van der Waals surface area contributed by atoms with Gasteiger partial charge < -0.3 is 19.3 Å². The monoisotopic (exact) mass is 562 g/mol. The van der Waals surface area contributed by atoms with Crippen molar-refractivity contribution in [3.63, 3.8) is 0 Å². The minimum atomic E-state index is -0.807. The summed E-state index contributed by atoms with van der Waals surface area (Å²) in [5.41, 5.74) is -0.392. The summed E-state index contributed by atoms with van der Waals surface area (Å²) in [7, 11) is 0. The molecule has 8 nitrogen and oxygen atoms in total. The van der Waals surface area contributed by atoms with Crippen LogP contribution in [0.5, 0.6) is 17.2 Å². The molecule has 0 heterocycles. The maximum atomic E-state index is 13.5. The van der Waals surface area contributed by atoms with E-state index in [4.69, 9.17) is 14.2 Å². The minimum absolute atomic E-state index is 0.0838. The van der Waals surface area contributed by atoms with E-state index in [1.54, 1.807) is 0 Å². The van der Waals surface area contributed by atoms with Crippen LogP contribution in [0.3, 0.4) is 0 Å². The first-order valence-corrected chi connectivity index (χ1v) is 15.3. The maximum absolute atomic E-state index is 13.5. The summed E-state index contributed by atoms with van der Waals surface area (Å²) in [6.45, 7) is 8.28. The van der Waals surface area contributed by atoms with E-state index in [1.165, 1.54) is 0 Å². The summed E-state index contributed by atoms with van der Waals surface area (Å²) in [4.78, 5) is 52.1. The Morgan fingerprint density at radius 1 is 0.625 bits per heavy atom. The van der Waals surface area contributed by atoms with Gasteiger partial charge in [-0.25, -0.2) is 4.79 Å². The van der Waals surface area contributed by atoms with Gasteiger partial charge in [-0.2, -0.15) is 0 Å². The summed E-state index contributed by atoms with van der Waals surface area (Å²) in [6, 6.07) is 1.08. The number of unbranched alkanes of at least 4 members (excludes halogenated alkanes) is 10. The second-order valence-electron chi connectivity index (χ2n) is 10.3. The van der Waals surface area contributed by atoms with E-state index in [0.717, 1.165) is 70.3 Å². The van der Waals surface area contributed by atoms with Crippen LogP contribution in [0.1, 0.15) is 158 Å². The SMILES string of the molecule is CCCCCCC(=O)Oc1c(O)cc(C(=O)OCCCC)c(C(=O)CCCCCC)c1OC(=O)CCCCCC. The lowest BCUT2D eigenvalue weighted by Gasteiger charge is -2.18. The van der Waals surface area contributed by atoms with Crippen molar-refractivity contribution in [2.24, 2.45) is 0 Å². The van der Waals surface area contributed by atoms with Crippen LogP contribution in [-0.4, -0.2) is 35.4 Å². The van der Waals surface area contributed by atoms with Gasteiger partial charge in [-0.3, -0.25) is 14.4 Å². The van der Waals surface area contributed by atoms with E-state index >= 15 is 0 Å². The molecule has 0 atom stereocenters. The predicted octanol–water partition coefficient (Wildman–Crippen LogP) is 8.25. The molecule has 1 aromatic carbocycles. The molecule has 0 aromatic heterocycles. The first-order valence-electron chi connectivity index (χ1n) is 15.3. The molecule has 0 spiro atoms. The number of ether oxygens (including phenoxy) is 3. The van der Waals surface area contributed by atoms with Crippen LogP contribution in [0.4, 0.5) is 0 Å². The number of rotatable bonds is 22. The molecular formula is C32H50O8. The average molecular weight is 563 g/mol. The zero-order valence-electron chi connectivity index (χ0n) is 25.1. The predicted molar refractivity (Wildman–Crippen MR) is 155 cm³/mol. The van der Waals surface area contributed by atoms with Crippen molar-refractivity contribution in [1.29, 1.82) is 0 Å². The van der Waals surface area contributed by atoms with Gasteiger partial charge in [-0.1, -0.05) is 91.9 Å². The highest BCUT2D eigenvalue weighted by Gasteiger charge is 2.31. The summed E-state index contributed by atoms with van der Waals surface area (Å²) in [5, 5.41) is 10.9. The Kier molecular flexibility index (Phi) is 18.4. The third kappa shape index (κ3) is 13.0. The van der Waals surface area contributed by atoms with Crippen molar-refractivity contribution >= 4 is 23.7 Å². The highest BCUT2D eigenvalue weighted by Crippen LogP contribution is 2.43. The molecule has 0 saturated heterocycles. The average Bonchev–Trinajstić information content (AvgIpc) is 2.93. The van der Waals surface area contributed by atoms with Crippen LogP contribution in [0, 0.1) is 0 Å². The van der Waals surface area contributed by atoms with Crippen molar-refractivity contribution in [3.05, 3.63) is 17.2 Å². The number of hydrogen-bond acceptors (Lipinski definition) is 8. The van der Waals surface area contributed by atoms with Crippen LogP contribution in [-0.2, 0) is 14.3 Å². The maximum Gasteiger partial charge on any atom is 0.339 e. The number of esters is 3. The van der Waals surface area contributed by atoms with Gasteiger partial charge in [-0.05, 0) is 31.7 Å². The van der Waals surface area contributed by atoms with Gasteiger partial charge in [0.15, 0.2) is 17.3 Å². The van der Waals surface area contributed by atoms with Crippen LogP contribution < -0.4 is 9.47 Å². The van der Waals surface area contributed by atoms with Crippen molar-refractivity contribution in [2.75, 3.05) is 6.61 Å². The second kappa shape index (κ2) is 20.9. The summed E-state index contributed by atoms with van der Waals surface area (Å²) in [6.07, 6.45) is 11.9. The number of hydrogen-bond donors (Lipinski definition) is 1. The van der Waals surface area contributed by atoms with Crippen LogP contribution in [0.25, 0.3) is 0 Å². The van der Waals surface area contributed by atoms with Crippen molar-refractivity contribution in [3.8, 4) is 17.2 Å². The van der Waals surface area contributed by atoms with Gasteiger partial charge in [0.2, 0.25) is 5.75 Å². The zero-order chi connectivity index (χ0) is 29.8. The number of ketones is 1. The molecule has 0 aliphatic heterocycles. The van der Waals surface area contributed by atoms with Gasteiger partial charge in [0, 0.05) is 19.3 Å². The standard InChI is InChI=1S/C32H50O8/c1-5-9-13-16-19-25(33)29-24(32(37)38-22-12-8-4)23-26(34)30(39-27(35)20-17-14-10-6-2)31(29)40-28(36)21-18-15-11-7-3/h23,34H,5-22H2,1-4H3. The van der Waals surface area contributed by atoms with Crippen molar-refractivity contribution < 1.29 is 38.5 Å². The molecule has 226 valence electrons. The largest absolute Gasteiger partial charge is 0.504 e. The van der Waals surface area contributed by atoms with Gasteiger partial charge in [0.1, 0.15) is 0 Å². The Hall–Kier alpha value is -2.90. The molecule has 1 aromatic rings. The molecule has 0 fully saturated rings. The third-order valence-electron chi connectivity index (χ3n) is 6.60. The molecule has 8 heteroatoms. The van der Waals surface area contributed by atoms with E-state index in [9.17, 15) is 24.3 Å². The number of phenolic OH excluding ortho intramolecular Hbond substituents is 1. The van der Waals surface area contributed by atoms with Crippen molar-refractivity contribution in [1.82, 2.24) is 0 Å². The molecule has 0 amide bonds. The van der Waals surface area contributed by atoms with Crippen LogP contribution >= 0.6 is 0 Å². The highest BCUT2D eigenvalue weighted by molar-refractivity contribution is 6.10. The molecule has 1 rings (SSSR count). The van der Waals surface area contributed by atoms with E-state index in [1.807, 2.05) is 6.92 Å². The smallest absolute Gasteiger partial charge is 0.339 e. The molecule has 0 bridgehead atoms. The van der Waals surface area contributed by atoms with E-state index in [2.05, 4.69) is 20.8 Å². The lowest BCUT2D eigenvalue weighted by atomic mass is 9.97. The van der Waals surface area contributed by atoms with Gasteiger partial charge in [0.05, 0.1) is 17.7 Å². The van der Waals surface area contributed by atoms with E-state index in [0.29, 0.717) is 25.7 Å². The number of Topliss-reactive ketones (excluding diaryl/α,β-unsaturated/α-hetero) is 1. The first kappa shape index (κ1) is 35.1. The molecule has 0 unspecified atom stereocenters. The molecule has 0 radical (unpaired) electrons. The Morgan fingerprint density at radius 3 is 1.60 bits per heavy atom. The lowest BCUT2D eigenvalue weighted by molar-refractivity contribution is -0.137. The van der Waals surface area contributed by atoms with E-state index in [-0.39, 0.29) is 42.7 Å². The molecule has 0 aliphatic carbocycles. The molecule has 0 aliphatic rings. The molecule has 1 N–H and O–H groups in total. The van der Waals surface area contributed by atoms with Crippen LogP contribution in [0.15, 0.2) is 6.07 Å². The fourth-order valence-corrected chi connectivity index (χ4v) is 4.21. The zero-order valence-corrected chi connectivity index (χ0v) is 25.1. The Balaban J connectivity index is 3.50. The number of carbonyl (C=O) groups excluding carboxylic acids is 4. The van der Waals surface area contributed by atoms with Gasteiger partial charge in [0.25, 0.3) is 0 Å². The normalized spacial score (nSPS) is 10.8. The van der Waals surface area contributed by atoms with E-state index < -0.39 is 35.2 Å². The lowest BCUT2D eigenvalue weighted by Crippen LogP contribution is -2.19.